The molecule has 5 rings (SSSR count). The number of phenolic OH excluding ortho intramolecular Hbond substituents is 1. The summed E-state index contributed by atoms with van der Waals surface area (Å²) in [5.41, 5.74) is 4.75. The summed E-state index contributed by atoms with van der Waals surface area (Å²) in [6.07, 6.45) is 9.62. The number of phenols is 1. The summed E-state index contributed by atoms with van der Waals surface area (Å²) in [5, 5.41) is 14.0. The Morgan fingerprint density at radius 3 is 2.35 bits per heavy atom. The number of hydrogen-bond acceptors (Lipinski definition) is 5. The summed E-state index contributed by atoms with van der Waals surface area (Å²) < 4.78 is 7.73. The zero-order chi connectivity index (χ0) is 21.0. The third-order valence-electron chi connectivity index (χ3n) is 5.85. The van der Waals surface area contributed by atoms with E-state index in [1.165, 1.54) is 32.4 Å². The second-order valence-electron chi connectivity index (χ2n) is 7.99. The van der Waals surface area contributed by atoms with Gasteiger partial charge < -0.3 is 9.84 Å². The van der Waals surface area contributed by atoms with Gasteiger partial charge in [-0.2, -0.15) is 5.10 Å². The lowest BCUT2D eigenvalue weighted by Gasteiger charge is -2.26. The van der Waals surface area contributed by atoms with E-state index in [9.17, 15) is 5.11 Å². The quantitative estimate of drug-likeness (QED) is 0.498. The smallest absolute Gasteiger partial charge is 0.162 e. The number of likely N-dealkylation sites (tertiary alicyclic amines) is 1. The summed E-state index contributed by atoms with van der Waals surface area (Å²) in [7, 11) is 0. The fourth-order valence-corrected chi connectivity index (χ4v) is 4.09. The zero-order valence-corrected chi connectivity index (χ0v) is 17.4. The van der Waals surface area contributed by atoms with Gasteiger partial charge >= 0.3 is 0 Å². The van der Waals surface area contributed by atoms with E-state index in [0.29, 0.717) is 0 Å². The minimum absolute atomic E-state index is 0.245. The van der Waals surface area contributed by atoms with Crippen LogP contribution < -0.4 is 4.74 Å². The molecule has 0 unspecified atom stereocenters. The average molecular weight is 415 g/mol. The molecule has 0 saturated carbocycles. The van der Waals surface area contributed by atoms with Crippen molar-refractivity contribution in [1.82, 2.24) is 19.5 Å². The third kappa shape index (κ3) is 4.39. The highest BCUT2D eigenvalue weighted by molar-refractivity contribution is 5.78. The number of aromatic nitrogens is 3. The molecule has 31 heavy (non-hydrogen) atoms. The Morgan fingerprint density at radius 2 is 1.58 bits per heavy atom. The van der Waals surface area contributed by atoms with Crippen molar-refractivity contribution in [3.05, 3.63) is 67.1 Å². The summed E-state index contributed by atoms with van der Waals surface area (Å²) in [6, 6.07) is 15.2. The molecular formula is C25H26N4O2. The molecule has 1 aliphatic heterocycles. The first-order valence-electron chi connectivity index (χ1n) is 10.8. The van der Waals surface area contributed by atoms with Crippen LogP contribution in [-0.4, -0.2) is 50.8 Å². The zero-order valence-electron chi connectivity index (χ0n) is 17.4. The molecule has 6 nitrogen and oxygen atoms in total. The molecule has 1 saturated heterocycles. The Balaban J connectivity index is 1.27. The molecule has 0 atom stereocenters. The fraction of sp³-hybridized carbons (Fsp3) is 0.280. The van der Waals surface area contributed by atoms with E-state index in [0.717, 1.165) is 46.8 Å². The van der Waals surface area contributed by atoms with Gasteiger partial charge in [0.1, 0.15) is 18.1 Å². The Kier molecular flexibility index (Phi) is 5.54. The van der Waals surface area contributed by atoms with Crippen molar-refractivity contribution in [3.8, 4) is 33.8 Å². The molecule has 1 N–H and O–H groups in total. The first kappa shape index (κ1) is 19.6. The number of fused-ring (bicyclic) bond motifs is 1. The van der Waals surface area contributed by atoms with Gasteiger partial charge in [0.05, 0.1) is 6.20 Å². The molecule has 1 fully saturated rings. The lowest BCUT2D eigenvalue weighted by Crippen LogP contribution is -2.33. The lowest BCUT2D eigenvalue weighted by molar-refractivity contribution is 0.183. The second kappa shape index (κ2) is 8.78. The van der Waals surface area contributed by atoms with Crippen LogP contribution >= 0.6 is 0 Å². The molecule has 1 aliphatic rings. The Bertz CT molecular complexity index is 1150. The number of rotatable bonds is 6. The minimum Gasteiger partial charge on any atom is -0.508 e. The van der Waals surface area contributed by atoms with Gasteiger partial charge in [0.2, 0.25) is 0 Å². The number of piperidine rings is 1. The summed E-state index contributed by atoms with van der Waals surface area (Å²) in [6.45, 7) is 4.10. The van der Waals surface area contributed by atoms with Crippen LogP contribution in [0.2, 0.25) is 0 Å². The maximum atomic E-state index is 9.51. The van der Waals surface area contributed by atoms with Crippen LogP contribution in [0, 0.1) is 0 Å². The average Bonchev–Trinajstić information content (AvgIpc) is 3.24. The van der Waals surface area contributed by atoms with Gasteiger partial charge in [0, 0.05) is 30.1 Å². The normalized spacial score (nSPS) is 14.7. The predicted molar refractivity (Wildman–Crippen MR) is 121 cm³/mol. The van der Waals surface area contributed by atoms with E-state index in [1.807, 2.05) is 36.7 Å². The summed E-state index contributed by atoms with van der Waals surface area (Å²) in [4.78, 5) is 7.12. The maximum Gasteiger partial charge on any atom is 0.162 e. The van der Waals surface area contributed by atoms with E-state index in [2.05, 4.69) is 27.1 Å². The molecule has 0 amide bonds. The molecule has 0 bridgehead atoms. The predicted octanol–water partition coefficient (Wildman–Crippen LogP) is 4.63. The molecule has 0 aliphatic carbocycles. The van der Waals surface area contributed by atoms with E-state index in [4.69, 9.17) is 4.74 Å². The molecule has 0 radical (unpaired) electrons. The molecule has 3 heterocycles. The van der Waals surface area contributed by atoms with Crippen molar-refractivity contribution in [2.24, 2.45) is 0 Å². The lowest BCUT2D eigenvalue weighted by atomic mass is 10.1. The third-order valence-corrected chi connectivity index (χ3v) is 5.85. The summed E-state index contributed by atoms with van der Waals surface area (Å²) >= 11 is 0. The van der Waals surface area contributed by atoms with Crippen molar-refractivity contribution >= 4 is 5.65 Å². The second-order valence-corrected chi connectivity index (χ2v) is 7.99. The maximum absolute atomic E-state index is 9.51. The SMILES string of the molecule is Oc1ccc(-c2cnn3cc(-c4ccc(OCCN5CCCCC5)cc4)cnc23)cc1. The first-order valence-corrected chi connectivity index (χ1v) is 10.8. The van der Waals surface area contributed by atoms with Crippen molar-refractivity contribution < 1.29 is 9.84 Å². The standard InChI is InChI=1S/C25H26N4O2/c30-22-8-4-20(5-9-22)24-17-27-29-18-21(16-26-25(24)29)19-6-10-23(11-7-19)31-15-14-28-12-2-1-3-13-28/h4-11,16-18,30H,1-3,12-15H2. The van der Waals surface area contributed by atoms with Gasteiger partial charge in [0.15, 0.2) is 5.65 Å². The Hall–Kier alpha value is -3.38. The highest BCUT2D eigenvalue weighted by atomic mass is 16.5. The molecular weight excluding hydrogens is 388 g/mol. The molecule has 2 aromatic carbocycles. The van der Waals surface area contributed by atoms with E-state index >= 15 is 0 Å². The topological polar surface area (TPSA) is 62.9 Å². The van der Waals surface area contributed by atoms with Crippen molar-refractivity contribution in [3.63, 3.8) is 0 Å². The Morgan fingerprint density at radius 1 is 0.839 bits per heavy atom. The molecule has 4 aromatic rings. The van der Waals surface area contributed by atoms with E-state index in [-0.39, 0.29) is 5.75 Å². The summed E-state index contributed by atoms with van der Waals surface area (Å²) in [5.74, 6) is 1.14. The van der Waals surface area contributed by atoms with Gasteiger partial charge in [-0.3, -0.25) is 4.90 Å². The minimum atomic E-state index is 0.245. The van der Waals surface area contributed by atoms with Crippen LogP contribution in [-0.2, 0) is 0 Å². The van der Waals surface area contributed by atoms with Crippen molar-refractivity contribution in [1.29, 1.82) is 0 Å². The van der Waals surface area contributed by atoms with E-state index < -0.39 is 0 Å². The van der Waals surface area contributed by atoms with Gasteiger partial charge in [-0.15, -0.1) is 0 Å². The number of nitrogens with zero attached hydrogens (tertiary/aromatic N) is 4. The van der Waals surface area contributed by atoms with Crippen molar-refractivity contribution in [2.75, 3.05) is 26.2 Å². The molecule has 6 heteroatoms. The van der Waals surface area contributed by atoms with Gasteiger partial charge in [-0.05, 0) is 61.3 Å². The number of aromatic hydroxyl groups is 1. The molecule has 2 aromatic heterocycles. The first-order chi connectivity index (χ1) is 15.3. The van der Waals surface area contributed by atoms with Crippen LogP contribution in [0.25, 0.3) is 27.9 Å². The highest BCUT2D eigenvalue weighted by Gasteiger charge is 2.11. The Labute approximate surface area is 181 Å². The van der Waals surface area contributed by atoms with Crippen LogP contribution in [0.1, 0.15) is 19.3 Å². The van der Waals surface area contributed by atoms with Crippen LogP contribution in [0.4, 0.5) is 0 Å². The monoisotopic (exact) mass is 414 g/mol. The number of benzene rings is 2. The van der Waals surface area contributed by atoms with Gasteiger partial charge in [0.25, 0.3) is 0 Å². The van der Waals surface area contributed by atoms with Gasteiger partial charge in [-0.25, -0.2) is 9.50 Å². The van der Waals surface area contributed by atoms with Crippen LogP contribution in [0.5, 0.6) is 11.5 Å². The molecule has 0 spiro atoms. The van der Waals surface area contributed by atoms with Gasteiger partial charge in [-0.1, -0.05) is 30.7 Å². The highest BCUT2D eigenvalue weighted by Crippen LogP contribution is 2.27. The number of ether oxygens (including phenoxy) is 1. The van der Waals surface area contributed by atoms with E-state index in [1.54, 1.807) is 22.8 Å². The van der Waals surface area contributed by atoms with Crippen molar-refractivity contribution in [2.45, 2.75) is 19.3 Å². The fourth-order valence-electron chi connectivity index (χ4n) is 4.09. The molecule has 158 valence electrons. The van der Waals surface area contributed by atoms with Crippen LogP contribution in [0.15, 0.2) is 67.1 Å². The largest absolute Gasteiger partial charge is 0.508 e. The number of hydrogen-bond donors (Lipinski definition) is 1. The van der Waals surface area contributed by atoms with Crippen LogP contribution in [0.3, 0.4) is 0 Å².